The lowest BCUT2D eigenvalue weighted by Crippen LogP contribution is -2.19. The van der Waals surface area contributed by atoms with Gasteiger partial charge in [-0.1, -0.05) is 6.07 Å². The average molecular weight is 374 g/mol. The first kappa shape index (κ1) is 19.3. The molecular formula is C18H15FN2O4S. The van der Waals surface area contributed by atoms with Gasteiger partial charge in [-0.05, 0) is 30.7 Å². The van der Waals surface area contributed by atoms with Crippen LogP contribution in [-0.4, -0.2) is 30.5 Å². The summed E-state index contributed by atoms with van der Waals surface area (Å²) in [6.07, 6.45) is 2.42. The lowest BCUT2D eigenvalue weighted by Gasteiger charge is -2.05. The average Bonchev–Trinajstić information content (AvgIpc) is 3.05. The van der Waals surface area contributed by atoms with Gasteiger partial charge in [-0.3, -0.25) is 4.79 Å². The summed E-state index contributed by atoms with van der Waals surface area (Å²) in [6, 6.07) is 6.06. The fraction of sp³-hybridized carbons (Fsp3) is 0.222. The molecule has 1 heterocycles. The minimum atomic E-state index is -1.07. The number of nitriles is 1. The summed E-state index contributed by atoms with van der Waals surface area (Å²) in [7, 11) is 1.35. The molecule has 6 nitrogen and oxygen atoms in total. The lowest BCUT2D eigenvalue weighted by atomic mass is 10.1. The molecule has 0 fully saturated rings. The van der Waals surface area contributed by atoms with Crippen molar-refractivity contribution in [3.63, 3.8) is 0 Å². The summed E-state index contributed by atoms with van der Waals surface area (Å²) in [5.74, 6) is -2.87. The number of aryl methyl sites for hydroxylation is 1. The third-order valence-electron chi connectivity index (χ3n) is 3.28. The molecule has 0 N–H and O–H groups in total. The summed E-state index contributed by atoms with van der Waals surface area (Å²) >= 11 is 1.20. The Morgan fingerprint density at radius 2 is 2.23 bits per heavy atom. The van der Waals surface area contributed by atoms with Gasteiger partial charge in [0.15, 0.2) is 29.9 Å². The van der Waals surface area contributed by atoms with E-state index in [9.17, 15) is 14.0 Å². The number of nitrogens with zero attached hydrogens (tertiary/aromatic N) is 2. The number of benzene rings is 1. The molecule has 8 heteroatoms. The number of carbonyl (C=O) groups is 2. The van der Waals surface area contributed by atoms with Gasteiger partial charge in [0.2, 0.25) is 0 Å². The van der Waals surface area contributed by atoms with Crippen LogP contribution < -0.4 is 4.74 Å². The molecule has 0 unspecified atom stereocenters. The zero-order valence-corrected chi connectivity index (χ0v) is 14.9. The van der Waals surface area contributed by atoms with Crippen molar-refractivity contribution in [2.24, 2.45) is 0 Å². The summed E-state index contributed by atoms with van der Waals surface area (Å²) in [4.78, 5) is 27.9. The third-order valence-corrected chi connectivity index (χ3v) is 4.31. The van der Waals surface area contributed by atoms with E-state index in [0.29, 0.717) is 16.3 Å². The van der Waals surface area contributed by atoms with Crippen molar-refractivity contribution < 1.29 is 23.5 Å². The minimum Gasteiger partial charge on any atom is -0.494 e. The van der Waals surface area contributed by atoms with E-state index in [1.807, 2.05) is 6.07 Å². The van der Waals surface area contributed by atoms with Crippen molar-refractivity contribution in [2.75, 3.05) is 13.7 Å². The second-order valence-corrected chi connectivity index (χ2v) is 6.08. The van der Waals surface area contributed by atoms with Crippen LogP contribution in [-0.2, 0) is 14.3 Å². The molecule has 0 aliphatic rings. The van der Waals surface area contributed by atoms with Gasteiger partial charge in [0.25, 0.3) is 0 Å². The van der Waals surface area contributed by atoms with Crippen molar-refractivity contribution in [1.29, 1.82) is 5.26 Å². The SMILES string of the molecule is COc1ccc(/C=C/C(=O)OCC(=O)[C@H](C#N)c2nc(C)cs2)cc1F. The molecular weight excluding hydrogens is 359 g/mol. The van der Waals surface area contributed by atoms with E-state index in [4.69, 9.17) is 14.7 Å². The van der Waals surface area contributed by atoms with E-state index in [1.54, 1.807) is 18.4 Å². The molecule has 2 rings (SSSR count). The van der Waals surface area contributed by atoms with Gasteiger partial charge in [0.1, 0.15) is 5.01 Å². The molecule has 26 heavy (non-hydrogen) atoms. The highest BCUT2D eigenvalue weighted by Crippen LogP contribution is 2.21. The number of aromatic nitrogens is 1. The number of thiazole rings is 1. The van der Waals surface area contributed by atoms with E-state index in [0.717, 1.165) is 6.08 Å². The Bertz CT molecular complexity index is 886. The Hall–Kier alpha value is -3.05. The Balaban J connectivity index is 1.92. The standard InChI is InChI=1S/C18H15FN2O4S/c1-11-10-26-18(21-11)13(8-20)15(22)9-25-17(23)6-4-12-3-5-16(24-2)14(19)7-12/h3-7,10,13H,9H2,1-2H3/b6-4+/t13-/m0/s1. The maximum Gasteiger partial charge on any atom is 0.331 e. The monoisotopic (exact) mass is 374 g/mol. The van der Waals surface area contributed by atoms with Gasteiger partial charge in [-0.2, -0.15) is 5.26 Å². The van der Waals surface area contributed by atoms with E-state index in [1.165, 1.54) is 36.7 Å². The smallest absolute Gasteiger partial charge is 0.331 e. The molecule has 2 aromatic rings. The molecule has 134 valence electrons. The lowest BCUT2D eigenvalue weighted by molar-refractivity contribution is -0.143. The number of Topliss-reactive ketones (excluding diaryl/α,β-unsaturated/α-hetero) is 1. The summed E-state index contributed by atoms with van der Waals surface area (Å²) < 4.78 is 23.2. The van der Waals surface area contributed by atoms with Crippen molar-refractivity contribution in [3.05, 3.63) is 51.7 Å². The maximum atomic E-state index is 13.6. The van der Waals surface area contributed by atoms with E-state index < -0.39 is 30.1 Å². The molecule has 0 aliphatic heterocycles. The molecule has 1 aromatic heterocycles. The number of ether oxygens (including phenoxy) is 2. The van der Waals surface area contributed by atoms with Gasteiger partial charge >= 0.3 is 5.97 Å². The molecule has 0 radical (unpaired) electrons. The van der Waals surface area contributed by atoms with Gasteiger partial charge in [0.05, 0.1) is 13.2 Å². The molecule has 0 spiro atoms. The molecule has 0 aliphatic carbocycles. The van der Waals surface area contributed by atoms with Crippen molar-refractivity contribution in [3.8, 4) is 11.8 Å². The number of ketones is 1. The highest BCUT2D eigenvalue weighted by molar-refractivity contribution is 7.09. The van der Waals surface area contributed by atoms with Crippen LogP contribution in [0.15, 0.2) is 29.7 Å². The van der Waals surface area contributed by atoms with Gasteiger partial charge in [-0.25, -0.2) is 14.2 Å². The fourth-order valence-electron chi connectivity index (χ4n) is 1.99. The minimum absolute atomic E-state index is 0.0929. The number of rotatable bonds is 7. The highest BCUT2D eigenvalue weighted by Gasteiger charge is 2.24. The topological polar surface area (TPSA) is 89.3 Å². The van der Waals surface area contributed by atoms with E-state index >= 15 is 0 Å². The number of esters is 1. The molecule has 0 saturated carbocycles. The van der Waals surface area contributed by atoms with Crippen LogP contribution in [0.3, 0.4) is 0 Å². The molecule has 1 atom stereocenters. The third kappa shape index (κ3) is 4.97. The van der Waals surface area contributed by atoms with Crippen LogP contribution in [0, 0.1) is 24.1 Å². The zero-order valence-electron chi connectivity index (χ0n) is 14.1. The van der Waals surface area contributed by atoms with Crippen LogP contribution in [0.2, 0.25) is 0 Å². The van der Waals surface area contributed by atoms with Crippen LogP contribution >= 0.6 is 11.3 Å². The maximum absolute atomic E-state index is 13.6. The quantitative estimate of drug-likeness (QED) is 0.547. The fourth-order valence-corrected chi connectivity index (χ4v) is 2.85. The largest absolute Gasteiger partial charge is 0.494 e. The van der Waals surface area contributed by atoms with Gasteiger partial charge < -0.3 is 9.47 Å². The summed E-state index contributed by atoms with van der Waals surface area (Å²) in [5.41, 5.74) is 1.14. The normalized spacial score (nSPS) is 11.8. The Morgan fingerprint density at radius 1 is 1.46 bits per heavy atom. The van der Waals surface area contributed by atoms with E-state index in [-0.39, 0.29) is 5.75 Å². The van der Waals surface area contributed by atoms with E-state index in [2.05, 4.69) is 4.98 Å². The molecule has 0 bridgehead atoms. The number of halogens is 1. The highest BCUT2D eigenvalue weighted by atomic mass is 32.1. The first-order chi connectivity index (χ1) is 12.4. The molecule has 0 amide bonds. The number of carbonyl (C=O) groups excluding carboxylic acids is 2. The predicted molar refractivity (Wildman–Crippen MR) is 93.2 cm³/mol. The number of hydrogen-bond donors (Lipinski definition) is 0. The number of hydrogen-bond acceptors (Lipinski definition) is 7. The van der Waals surface area contributed by atoms with Crippen LogP contribution in [0.1, 0.15) is 22.2 Å². The summed E-state index contributed by atoms with van der Waals surface area (Å²) in [5, 5.41) is 11.2. The number of methoxy groups -OCH3 is 1. The second kappa shape index (κ2) is 8.87. The second-order valence-electron chi connectivity index (χ2n) is 5.19. The zero-order chi connectivity index (χ0) is 19.1. The Labute approximate surface area is 153 Å². The van der Waals surface area contributed by atoms with Gasteiger partial charge in [-0.15, -0.1) is 11.3 Å². The summed E-state index contributed by atoms with van der Waals surface area (Å²) in [6.45, 7) is 1.21. The van der Waals surface area contributed by atoms with Gasteiger partial charge in [0, 0.05) is 17.2 Å². The van der Waals surface area contributed by atoms with Crippen molar-refractivity contribution in [1.82, 2.24) is 4.98 Å². The first-order valence-electron chi connectivity index (χ1n) is 7.47. The van der Waals surface area contributed by atoms with Crippen molar-refractivity contribution in [2.45, 2.75) is 12.8 Å². The molecule has 1 aromatic carbocycles. The van der Waals surface area contributed by atoms with Crippen LogP contribution in [0.25, 0.3) is 6.08 Å². The Morgan fingerprint density at radius 3 is 2.81 bits per heavy atom. The van der Waals surface area contributed by atoms with Crippen molar-refractivity contribution >= 4 is 29.2 Å². The predicted octanol–water partition coefficient (Wildman–Crippen LogP) is 3.03. The van der Waals surface area contributed by atoms with Crippen LogP contribution in [0.5, 0.6) is 5.75 Å². The Kier molecular flexibility index (Phi) is 6.58. The first-order valence-corrected chi connectivity index (χ1v) is 8.35. The molecule has 0 saturated heterocycles. The van der Waals surface area contributed by atoms with Crippen LogP contribution in [0.4, 0.5) is 4.39 Å².